The molecule has 3 heterocycles. The quantitative estimate of drug-likeness (QED) is 0.603. The van der Waals surface area contributed by atoms with Crippen LogP contribution in [-0.2, 0) is 6.54 Å². The molecule has 1 aliphatic heterocycles. The number of carbonyl (C=O) groups excluding carboxylic acids is 1. The van der Waals surface area contributed by atoms with Gasteiger partial charge in [-0.1, -0.05) is 29.8 Å². The molecule has 0 saturated carbocycles. The first-order chi connectivity index (χ1) is 14.5. The molecule has 0 unspecified atom stereocenters. The van der Waals surface area contributed by atoms with E-state index in [1.165, 1.54) is 0 Å². The molecule has 1 aromatic carbocycles. The first-order valence-electron chi connectivity index (χ1n) is 9.94. The van der Waals surface area contributed by atoms with Gasteiger partial charge < -0.3 is 14.4 Å². The van der Waals surface area contributed by atoms with Crippen LogP contribution in [0, 0.1) is 0 Å². The van der Waals surface area contributed by atoms with Crippen LogP contribution in [-0.4, -0.2) is 62.9 Å². The molecule has 0 aliphatic carbocycles. The van der Waals surface area contributed by atoms with Gasteiger partial charge in [0.2, 0.25) is 0 Å². The Kier molecular flexibility index (Phi) is 5.74. The normalized spacial score (nSPS) is 15.4. The summed E-state index contributed by atoms with van der Waals surface area (Å²) in [7, 11) is 2.05. The monoisotopic (exact) mass is 425 g/mol. The summed E-state index contributed by atoms with van der Waals surface area (Å²) in [6.45, 7) is 5.48. The molecule has 0 N–H and O–H groups in total. The predicted octanol–water partition coefficient (Wildman–Crippen LogP) is 2.78. The Balaban J connectivity index is 1.72. The van der Waals surface area contributed by atoms with Crippen LogP contribution in [0.1, 0.15) is 17.3 Å². The number of benzene rings is 1. The number of likely N-dealkylation sites (N-methyl/N-ethyl adjacent to an activating group) is 1. The highest BCUT2D eigenvalue weighted by Crippen LogP contribution is 2.27. The molecule has 4 rings (SSSR count). The number of carbonyl (C=O) groups is 1. The highest BCUT2D eigenvalue weighted by Gasteiger charge is 2.22. The van der Waals surface area contributed by atoms with E-state index in [0.29, 0.717) is 35.7 Å². The van der Waals surface area contributed by atoms with Gasteiger partial charge in [0.25, 0.3) is 11.5 Å². The van der Waals surface area contributed by atoms with E-state index in [1.54, 1.807) is 39.8 Å². The average molecular weight is 426 g/mol. The number of hydrogen-bond donors (Lipinski definition) is 0. The van der Waals surface area contributed by atoms with Crippen molar-refractivity contribution in [3.63, 3.8) is 0 Å². The SMILES string of the molecule is C/C=C/Cn1cc(-c2ccc(C(=O)N3CCN(C)CC3)c(Cl)c2)n2cncc2c1=O. The van der Waals surface area contributed by atoms with E-state index < -0.39 is 0 Å². The summed E-state index contributed by atoms with van der Waals surface area (Å²) in [5.41, 5.74) is 2.47. The number of imidazole rings is 1. The zero-order valence-corrected chi connectivity index (χ0v) is 17.8. The Hall–Kier alpha value is -2.90. The number of aromatic nitrogens is 3. The second-order valence-corrected chi connectivity index (χ2v) is 7.89. The minimum atomic E-state index is -0.109. The second kappa shape index (κ2) is 8.45. The third kappa shape index (κ3) is 3.78. The summed E-state index contributed by atoms with van der Waals surface area (Å²) in [6, 6.07) is 5.42. The van der Waals surface area contributed by atoms with Crippen molar-refractivity contribution in [1.29, 1.82) is 0 Å². The standard InChI is InChI=1S/C22H24ClN5O2/c1-3-4-7-27-14-20(28-15-24-13-19(28)22(27)30)16-5-6-17(18(23)12-16)21(29)26-10-8-25(2)9-11-26/h3-6,12-15H,7-11H2,1-2H3/b4-3+. The van der Waals surface area contributed by atoms with Gasteiger partial charge in [0.05, 0.1) is 28.8 Å². The van der Waals surface area contributed by atoms with Gasteiger partial charge in [0.1, 0.15) is 5.52 Å². The highest BCUT2D eigenvalue weighted by atomic mass is 35.5. The van der Waals surface area contributed by atoms with Crippen LogP contribution in [0.25, 0.3) is 16.8 Å². The van der Waals surface area contributed by atoms with Gasteiger partial charge >= 0.3 is 0 Å². The first kappa shape index (κ1) is 20.4. The van der Waals surface area contributed by atoms with Crippen LogP contribution in [0.5, 0.6) is 0 Å². The molecule has 3 aromatic rings. The number of hydrogen-bond acceptors (Lipinski definition) is 4. The molecule has 156 valence electrons. The van der Waals surface area contributed by atoms with Crippen molar-refractivity contribution in [2.24, 2.45) is 0 Å². The van der Waals surface area contributed by atoms with Gasteiger partial charge in [-0.15, -0.1) is 0 Å². The van der Waals surface area contributed by atoms with Crippen molar-refractivity contribution < 1.29 is 4.79 Å². The number of nitrogens with zero attached hydrogens (tertiary/aromatic N) is 5. The molecule has 0 radical (unpaired) electrons. The zero-order chi connectivity index (χ0) is 21.3. The summed E-state index contributed by atoms with van der Waals surface area (Å²) in [6.07, 6.45) is 8.80. The predicted molar refractivity (Wildman–Crippen MR) is 118 cm³/mol. The summed E-state index contributed by atoms with van der Waals surface area (Å²) in [4.78, 5) is 33.8. The number of amides is 1. The van der Waals surface area contributed by atoms with E-state index >= 15 is 0 Å². The first-order valence-corrected chi connectivity index (χ1v) is 10.3. The van der Waals surface area contributed by atoms with Crippen LogP contribution < -0.4 is 5.56 Å². The number of fused-ring (bicyclic) bond motifs is 1. The van der Waals surface area contributed by atoms with Crippen molar-refractivity contribution in [2.45, 2.75) is 13.5 Å². The summed E-state index contributed by atoms with van der Waals surface area (Å²) in [5, 5.41) is 0.399. The lowest BCUT2D eigenvalue weighted by Crippen LogP contribution is -2.47. The molecule has 0 atom stereocenters. The smallest absolute Gasteiger partial charge is 0.276 e. The summed E-state index contributed by atoms with van der Waals surface area (Å²) in [5.74, 6) is -0.0505. The fourth-order valence-corrected chi connectivity index (χ4v) is 3.92. The van der Waals surface area contributed by atoms with Crippen molar-refractivity contribution >= 4 is 23.0 Å². The maximum Gasteiger partial charge on any atom is 0.276 e. The molecular weight excluding hydrogens is 402 g/mol. The number of allylic oxidation sites excluding steroid dienone is 2. The zero-order valence-electron chi connectivity index (χ0n) is 17.1. The largest absolute Gasteiger partial charge is 0.336 e. The van der Waals surface area contributed by atoms with E-state index in [1.807, 2.05) is 30.0 Å². The van der Waals surface area contributed by atoms with E-state index in [-0.39, 0.29) is 11.5 Å². The molecule has 1 aliphatic rings. The number of rotatable bonds is 4. The molecule has 2 aromatic heterocycles. The molecule has 1 saturated heterocycles. The van der Waals surface area contributed by atoms with Crippen LogP contribution in [0.3, 0.4) is 0 Å². The lowest BCUT2D eigenvalue weighted by molar-refractivity contribution is 0.0664. The minimum absolute atomic E-state index is 0.0505. The Morgan fingerprint density at radius 1 is 1.23 bits per heavy atom. The van der Waals surface area contributed by atoms with Crippen LogP contribution in [0.15, 0.2) is 53.9 Å². The molecule has 1 amide bonds. The van der Waals surface area contributed by atoms with Crippen molar-refractivity contribution in [3.05, 3.63) is 70.0 Å². The Labute approximate surface area is 179 Å². The maximum atomic E-state index is 12.9. The third-order valence-electron chi connectivity index (χ3n) is 5.48. The van der Waals surface area contributed by atoms with E-state index in [9.17, 15) is 9.59 Å². The molecule has 7 nitrogen and oxygen atoms in total. The van der Waals surface area contributed by atoms with Crippen molar-refractivity contribution in [2.75, 3.05) is 33.2 Å². The van der Waals surface area contributed by atoms with Crippen LogP contribution in [0.4, 0.5) is 0 Å². The highest BCUT2D eigenvalue weighted by molar-refractivity contribution is 6.34. The van der Waals surface area contributed by atoms with Gasteiger partial charge in [-0.05, 0) is 26.1 Å². The molecule has 1 fully saturated rings. The van der Waals surface area contributed by atoms with E-state index in [2.05, 4.69) is 16.9 Å². The summed E-state index contributed by atoms with van der Waals surface area (Å²) >= 11 is 6.54. The molecule has 30 heavy (non-hydrogen) atoms. The van der Waals surface area contributed by atoms with Gasteiger partial charge in [-0.2, -0.15) is 0 Å². The van der Waals surface area contributed by atoms with Crippen LogP contribution >= 0.6 is 11.6 Å². The molecular formula is C22H24ClN5O2. The van der Waals surface area contributed by atoms with Crippen molar-refractivity contribution in [1.82, 2.24) is 23.8 Å². The second-order valence-electron chi connectivity index (χ2n) is 7.48. The maximum absolute atomic E-state index is 12.9. The molecule has 8 heteroatoms. The van der Waals surface area contributed by atoms with Gasteiger partial charge in [-0.25, -0.2) is 4.98 Å². The molecule has 0 bridgehead atoms. The fraction of sp³-hybridized carbons (Fsp3) is 0.318. The minimum Gasteiger partial charge on any atom is -0.336 e. The van der Waals surface area contributed by atoms with E-state index in [4.69, 9.17) is 11.6 Å². The lowest BCUT2D eigenvalue weighted by Gasteiger charge is -2.32. The molecule has 0 spiro atoms. The van der Waals surface area contributed by atoms with Gasteiger partial charge in [0.15, 0.2) is 0 Å². The van der Waals surface area contributed by atoms with Gasteiger partial charge in [0, 0.05) is 44.5 Å². The fourth-order valence-electron chi connectivity index (χ4n) is 3.66. The Morgan fingerprint density at radius 2 is 2.00 bits per heavy atom. The summed E-state index contributed by atoms with van der Waals surface area (Å²) < 4.78 is 3.39. The lowest BCUT2D eigenvalue weighted by atomic mass is 10.1. The average Bonchev–Trinajstić information content (AvgIpc) is 3.24. The van der Waals surface area contributed by atoms with E-state index in [0.717, 1.165) is 24.3 Å². The van der Waals surface area contributed by atoms with Crippen molar-refractivity contribution in [3.8, 4) is 11.3 Å². The Bertz CT molecular complexity index is 1170. The Morgan fingerprint density at radius 3 is 2.70 bits per heavy atom. The van der Waals surface area contributed by atoms with Crippen LogP contribution in [0.2, 0.25) is 5.02 Å². The van der Waals surface area contributed by atoms with Gasteiger partial charge in [-0.3, -0.25) is 14.0 Å². The number of halogens is 1. The topological polar surface area (TPSA) is 62.9 Å². The third-order valence-corrected chi connectivity index (χ3v) is 5.79. The number of piperazine rings is 1.